The van der Waals surface area contributed by atoms with Crippen LogP contribution in [0.3, 0.4) is 0 Å². The van der Waals surface area contributed by atoms with Crippen LogP contribution in [0.2, 0.25) is 0 Å². The lowest BCUT2D eigenvalue weighted by atomic mass is 9.80. The summed E-state index contributed by atoms with van der Waals surface area (Å²) in [5.41, 5.74) is 37.0. The van der Waals surface area contributed by atoms with Gasteiger partial charge in [-0.1, -0.05) is 18.2 Å². The van der Waals surface area contributed by atoms with Gasteiger partial charge < -0.3 is 240 Å². The number of aliphatic hydroxyl groups excluding tert-OH is 14. The lowest BCUT2D eigenvalue weighted by Crippen LogP contribution is -2.69. The number of aromatic hydroxyl groups is 2. The molecule has 38 N–H and O–H groups in total. The number of unbranched alkanes of at least 4 members (excludes halogenated alkanes) is 7. The SMILES string of the molecule is NCCCCNC[C@H]1O[C@@H]2O[C@H]3[C@H](O)[C@@H](O)[C@@H](O[C@H]4[C@H](O)[C@@H](O)[C@@H](O[C@H]5[C@H](O)[C@@H](O)[C@@H](O[C@H]6[C@H](O)[C@@H](O)[C@@H](O[C@H]7[C@H](O)[C@@H](O)[C@@H](O[C@H]8[C@H](O)[C@@H](O)[C@@H](O[C@H]1[C@H](O)[C@H]2O)O[C@@H]8CNCCCCN)O[C@@H]7CNCCCCN)O[C@@H]6CNCCCCN)O[C@@H]5CNCCCCNC(=S)Nc1ccc(C2c5ccc(O)cc5Oc5cc(O)ccc52)c(C(=O)O)c1)O[C@@H]4CNCCCCN)O[C@@H]3CNCCCCN. The Bertz CT molecular complexity index is 3950. The van der Waals surface area contributed by atoms with E-state index in [4.69, 9.17) is 118 Å². The fourth-order valence-corrected chi connectivity index (χ4v) is 19.0. The van der Waals surface area contributed by atoms with Crippen LogP contribution in [0.25, 0.3) is 0 Å². The first-order valence-corrected chi connectivity index (χ1v) is 49.6. The Balaban J connectivity index is 0.848. The molecule has 49 heteroatoms. The molecule has 48 nitrogen and oxygen atoms in total. The number of nitrogens with two attached hydrogens (primary N) is 6. The number of nitrogens with one attached hydrogen (secondary N) is 9. The Kier molecular flexibility index (Phi) is 45.9. The van der Waals surface area contributed by atoms with Crippen LogP contribution in [0.4, 0.5) is 5.69 Å². The maximum Gasteiger partial charge on any atom is 0.336 e. The molecule has 25 rings (SSSR count). The molecule has 14 bridgehead atoms. The molecule has 796 valence electrons. The van der Waals surface area contributed by atoms with Gasteiger partial charge in [0.2, 0.25) is 0 Å². The lowest BCUT2D eigenvalue weighted by Gasteiger charge is -2.50. The molecule has 0 aliphatic carbocycles. The molecule has 3 aromatic carbocycles. The van der Waals surface area contributed by atoms with Crippen LogP contribution >= 0.6 is 12.2 Å². The van der Waals surface area contributed by atoms with Crippen molar-refractivity contribution < 1.29 is 163 Å². The van der Waals surface area contributed by atoms with E-state index in [0.717, 1.165) is 0 Å². The number of rotatable bonds is 46. The minimum Gasteiger partial charge on any atom is -0.508 e. The average Bonchev–Trinajstić information content (AvgIpc) is 0.749. The number of carboxylic acid groups (broad SMARTS) is 1. The average molecular weight is 2020 g/mol. The molecular weight excluding hydrogens is 1860 g/mol. The number of carbonyl (C=O) groups is 1. The summed E-state index contributed by atoms with van der Waals surface area (Å²) < 4.78 is 97.7. The predicted octanol–water partition coefficient (Wildman–Crippen LogP) is -8.45. The summed E-state index contributed by atoms with van der Waals surface area (Å²) in [5.74, 6) is -1.56. The van der Waals surface area contributed by atoms with Gasteiger partial charge in [0.15, 0.2) is 49.1 Å². The second-order valence-corrected chi connectivity index (χ2v) is 37.4. The van der Waals surface area contributed by atoms with E-state index >= 15 is 0 Å². The summed E-state index contributed by atoms with van der Waals surface area (Å²) in [4.78, 5) is 13.1. The van der Waals surface area contributed by atoms with Crippen molar-refractivity contribution in [2.45, 2.75) is 311 Å². The second kappa shape index (κ2) is 56.7. The zero-order valence-corrected chi connectivity index (χ0v) is 79.6. The van der Waals surface area contributed by atoms with Gasteiger partial charge in [0.1, 0.15) is 194 Å². The van der Waals surface area contributed by atoms with E-state index in [1.807, 2.05) is 0 Å². The summed E-state index contributed by atoms with van der Waals surface area (Å²) >= 11 is 5.71. The summed E-state index contributed by atoms with van der Waals surface area (Å²) in [6.07, 6.45) is -55.8. The van der Waals surface area contributed by atoms with Crippen LogP contribution < -0.4 is 87.0 Å². The first-order valence-electron chi connectivity index (χ1n) is 49.2. The number of benzene rings is 3. The van der Waals surface area contributed by atoms with Crippen molar-refractivity contribution >= 4 is 29.0 Å². The number of phenols is 2. The van der Waals surface area contributed by atoms with Crippen LogP contribution in [-0.2, 0) is 66.3 Å². The van der Waals surface area contributed by atoms with E-state index in [1.165, 1.54) is 30.3 Å². The highest BCUT2D eigenvalue weighted by Gasteiger charge is 2.60. The van der Waals surface area contributed by atoms with Crippen molar-refractivity contribution in [3.8, 4) is 23.0 Å². The number of anilines is 1. The van der Waals surface area contributed by atoms with Crippen LogP contribution in [0.15, 0.2) is 54.6 Å². The van der Waals surface area contributed by atoms with Crippen molar-refractivity contribution in [1.82, 2.24) is 42.5 Å². The standard InChI is InChI=1S/C91H153N15O33S/c92-21-1-7-27-98-38-54-76-63(110)70(117)85(127-54)135-78-56(40-100-29-9-3-23-94)129-87(72(119)65(78)112)137-80-58(42-102-31-11-5-25-96)131-89(74(121)67(80)114)139-82-60(44-104-33-13-14-34-105-91(140)106-45-15-18-48(51(35-45)83(123)124)61-49-19-16-46(107)36-52(49)125-53-37-47(108)17-20-50(53)61)132-90(75(122)68(82)115)138-81-59(43-103-32-12-6-26-97)130-88(73(120)66(81)113)136-79-57(41-101-30-10-4-24-95)128-86(71(118)64(79)111)134-77-55(39-99-28-8-2-22-93)126-84(133-76)69(116)62(77)109/h15-20,35-37,54-82,84-90,98-104,107-122H,1-14,21-34,38-44,92-97H2,(H,123,124)(H2,105,106,140)/t54-,55-,56-,57-,58-,59-,60-,62-,63-,64-,65-,66-,67-,68-,69-,70-,71-,72-,73-,74-,75-,76-,77-,78-,79-,80-,81-,82-,84-,85-,86-,87-,88-,89-,90-/m1/s1. The van der Waals surface area contributed by atoms with Gasteiger partial charge in [0.05, 0.1) is 5.56 Å². The van der Waals surface area contributed by atoms with E-state index in [9.17, 15) is 91.6 Å². The molecule has 0 saturated carbocycles. The smallest absolute Gasteiger partial charge is 0.336 e. The molecule has 35 atom stereocenters. The number of aromatic carboxylic acids is 1. The highest BCUT2D eigenvalue weighted by Crippen LogP contribution is 2.51. The van der Waals surface area contributed by atoms with Gasteiger partial charge in [0.25, 0.3) is 0 Å². The van der Waals surface area contributed by atoms with Crippen LogP contribution in [0.1, 0.15) is 123 Å². The predicted molar refractivity (Wildman–Crippen MR) is 503 cm³/mol. The molecule has 21 fully saturated rings. The molecule has 0 unspecified atom stereocenters. The summed E-state index contributed by atoms with van der Waals surface area (Å²) in [6.45, 7) is 3.31. The van der Waals surface area contributed by atoms with Crippen molar-refractivity contribution in [1.29, 1.82) is 0 Å². The van der Waals surface area contributed by atoms with Gasteiger partial charge in [-0.25, -0.2) is 4.79 Å². The van der Waals surface area contributed by atoms with Crippen LogP contribution in [-0.4, -0.2) is 450 Å². The molecule has 22 heterocycles. The Labute approximate surface area is 818 Å². The number of hydrogen-bond donors (Lipinski definition) is 32. The third-order valence-electron chi connectivity index (χ3n) is 26.5. The minimum atomic E-state index is -2.14. The van der Waals surface area contributed by atoms with E-state index in [1.54, 1.807) is 24.3 Å². The first-order chi connectivity index (χ1) is 67.6. The summed E-state index contributed by atoms with van der Waals surface area (Å²) in [7, 11) is 0. The van der Waals surface area contributed by atoms with Gasteiger partial charge in [-0.05, 0) is 217 Å². The van der Waals surface area contributed by atoms with Crippen LogP contribution in [0, 0.1) is 0 Å². The topological polar surface area (TPSA) is 764 Å². The van der Waals surface area contributed by atoms with E-state index in [2.05, 4.69) is 47.9 Å². The molecule has 22 aliphatic heterocycles. The number of thiocarbonyl (C=S) groups is 1. The third-order valence-corrected chi connectivity index (χ3v) is 26.8. The molecule has 0 amide bonds. The van der Waals surface area contributed by atoms with Gasteiger partial charge in [-0.15, -0.1) is 0 Å². The highest BCUT2D eigenvalue weighted by atomic mass is 32.1. The van der Waals surface area contributed by atoms with Gasteiger partial charge in [0, 0.05) is 87.2 Å². The van der Waals surface area contributed by atoms with E-state index in [0.29, 0.717) is 191 Å². The van der Waals surface area contributed by atoms with E-state index in [-0.39, 0.29) is 92.6 Å². The van der Waals surface area contributed by atoms with Gasteiger partial charge >= 0.3 is 5.97 Å². The number of fused-ring (bicyclic) bond motifs is 2. The zero-order chi connectivity index (χ0) is 100. The highest BCUT2D eigenvalue weighted by molar-refractivity contribution is 7.80. The molecule has 0 aromatic heterocycles. The summed E-state index contributed by atoms with van der Waals surface area (Å²) in [5, 5.41) is 235. The fraction of sp³-hybridized carbons (Fsp3) is 0.780. The zero-order valence-electron chi connectivity index (χ0n) is 78.7. The fourth-order valence-electron chi connectivity index (χ4n) is 18.8. The van der Waals surface area contributed by atoms with Crippen LogP contribution in [0.5, 0.6) is 23.0 Å². The lowest BCUT2D eigenvalue weighted by molar-refractivity contribution is -0.392. The molecule has 3 aromatic rings. The number of phenolic OH excluding ortho intramolecular Hbond substituents is 2. The molecule has 0 radical (unpaired) electrons. The van der Waals surface area contributed by atoms with E-state index < -0.39 is 227 Å². The molecule has 140 heavy (non-hydrogen) atoms. The maximum atomic E-state index is 13.1. The Hall–Kier alpha value is -5.42. The van der Waals surface area contributed by atoms with Crippen molar-refractivity contribution in [2.75, 3.05) is 143 Å². The van der Waals surface area contributed by atoms with Crippen molar-refractivity contribution in [3.05, 3.63) is 76.9 Å². The van der Waals surface area contributed by atoms with Gasteiger partial charge in [-0.2, -0.15) is 0 Å². The molecule has 21 saturated heterocycles. The number of aliphatic hydroxyl groups is 14. The monoisotopic (exact) mass is 2020 g/mol. The maximum absolute atomic E-state index is 13.1. The second-order valence-electron chi connectivity index (χ2n) is 37.0. The molecular formula is C91H153N15O33S. The van der Waals surface area contributed by atoms with Crippen molar-refractivity contribution in [3.63, 3.8) is 0 Å². The quantitative estimate of drug-likeness (QED) is 0.0144. The molecule has 0 spiro atoms. The largest absolute Gasteiger partial charge is 0.508 e. The number of ether oxygens (including phenoxy) is 15. The van der Waals surface area contributed by atoms with Crippen molar-refractivity contribution in [2.24, 2.45) is 34.4 Å². The normalized spacial score (nSPS) is 36.0. The number of hydrogen-bond acceptors (Lipinski definition) is 46. The Morgan fingerprint density at radius 3 is 0.736 bits per heavy atom. The third kappa shape index (κ3) is 29.8. The summed E-state index contributed by atoms with van der Waals surface area (Å²) in [6, 6.07) is 13.8. The molecule has 22 aliphatic rings. The van der Waals surface area contributed by atoms with Gasteiger partial charge in [-0.3, -0.25) is 0 Å². The number of carboxylic acids is 1. The first kappa shape index (κ1) is 113. The Morgan fingerprint density at radius 1 is 0.286 bits per heavy atom. The Morgan fingerprint density at radius 2 is 0.507 bits per heavy atom. The minimum absolute atomic E-state index is 0.0721.